The Bertz CT molecular complexity index is 927. The summed E-state index contributed by atoms with van der Waals surface area (Å²) in [7, 11) is 0. The van der Waals surface area contributed by atoms with Gasteiger partial charge >= 0.3 is 0 Å². The number of hydrogen-bond donors (Lipinski definition) is 1. The summed E-state index contributed by atoms with van der Waals surface area (Å²) >= 11 is 5.31. The lowest BCUT2D eigenvalue weighted by atomic mass is 10.2. The van der Waals surface area contributed by atoms with Crippen molar-refractivity contribution in [2.24, 2.45) is 5.10 Å². The molecule has 5 nitrogen and oxygen atoms in total. The van der Waals surface area contributed by atoms with Crippen LogP contribution in [0.1, 0.15) is 18.1 Å². The van der Waals surface area contributed by atoms with Crippen LogP contribution in [0.4, 0.5) is 0 Å². The zero-order valence-corrected chi connectivity index (χ0v) is 14.4. The highest BCUT2D eigenvalue weighted by atomic mass is 32.1. The molecule has 0 amide bonds. The Kier molecular flexibility index (Phi) is 4.86. The fraction of sp³-hybridized carbons (Fsp3) is 0.167. The number of ether oxygens (including phenoxy) is 1. The van der Waals surface area contributed by atoms with Gasteiger partial charge in [0.05, 0.1) is 18.4 Å². The molecule has 0 saturated heterocycles. The third-order valence-electron chi connectivity index (χ3n) is 3.44. The fourth-order valence-corrected chi connectivity index (χ4v) is 2.56. The molecule has 1 N–H and O–H groups in total. The lowest BCUT2D eigenvalue weighted by Crippen LogP contribution is -1.99. The maximum Gasteiger partial charge on any atom is 0.216 e. The molecule has 0 radical (unpaired) electrons. The Morgan fingerprint density at radius 2 is 2.08 bits per heavy atom. The van der Waals surface area contributed by atoms with Crippen molar-refractivity contribution < 1.29 is 4.74 Å². The zero-order valence-electron chi connectivity index (χ0n) is 13.6. The number of aromatic nitrogens is 3. The molecule has 0 atom stereocenters. The van der Waals surface area contributed by atoms with E-state index in [-0.39, 0.29) is 0 Å². The third-order valence-corrected chi connectivity index (χ3v) is 3.71. The Morgan fingerprint density at radius 1 is 1.25 bits per heavy atom. The molecule has 1 heterocycles. The Labute approximate surface area is 145 Å². The van der Waals surface area contributed by atoms with Crippen LogP contribution < -0.4 is 4.74 Å². The third kappa shape index (κ3) is 3.44. The normalized spacial score (nSPS) is 11.1. The van der Waals surface area contributed by atoms with E-state index in [4.69, 9.17) is 17.0 Å². The van der Waals surface area contributed by atoms with E-state index in [1.165, 1.54) is 5.56 Å². The van der Waals surface area contributed by atoms with E-state index >= 15 is 0 Å². The summed E-state index contributed by atoms with van der Waals surface area (Å²) < 4.78 is 7.72. The van der Waals surface area contributed by atoms with Gasteiger partial charge < -0.3 is 4.74 Å². The molecular formula is C18H18N4OS. The fourth-order valence-electron chi connectivity index (χ4n) is 2.38. The summed E-state index contributed by atoms with van der Waals surface area (Å²) in [5.74, 6) is 1.37. The molecule has 0 aliphatic heterocycles. The van der Waals surface area contributed by atoms with Gasteiger partial charge in [-0.15, -0.1) is 0 Å². The van der Waals surface area contributed by atoms with Crippen molar-refractivity contribution >= 4 is 18.4 Å². The molecule has 1 aromatic heterocycles. The van der Waals surface area contributed by atoms with E-state index in [0.29, 0.717) is 17.2 Å². The lowest BCUT2D eigenvalue weighted by molar-refractivity contribution is 0.341. The van der Waals surface area contributed by atoms with E-state index in [2.05, 4.69) is 21.4 Å². The second kappa shape index (κ2) is 7.23. The average molecular weight is 338 g/mol. The number of nitrogens with zero attached hydrogens (tertiary/aromatic N) is 3. The molecule has 6 heteroatoms. The number of H-pyrrole nitrogens is 1. The molecule has 0 saturated carbocycles. The van der Waals surface area contributed by atoms with Crippen molar-refractivity contribution in [2.75, 3.05) is 6.61 Å². The van der Waals surface area contributed by atoms with Crippen LogP contribution in [0.2, 0.25) is 0 Å². The molecule has 0 aliphatic rings. The van der Waals surface area contributed by atoms with Crippen LogP contribution in [-0.2, 0) is 0 Å². The highest BCUT2D eigenvalue weighted by Crippen LogP contribution is 2.28. The van der Waals surface area contributed by atoms with Gasteiger partial charge in [0.1, 0.15) is 5.75 Å². The van der Waals surface area contributed by atoms with Crippen LogP contribution in [-0.4, -0.2) is 27.7 Å². The van der Waals surface area contributed by atoms with Crippen molar-refractivity contribution in [1.82, 2.24) is 14.9 Å². The number of benzene rings is 2. The van der Waals surface area contributed by atoms with E-state index in [0.717, 1.165) is 16.9 Å². The number of aryl methyl sites for hydroxylation is 1. The number of rotatable bonds is 5. The predicted molar refractivity (Wildman–Crippen MR) is 98.2 cm³/mol. The minimum absolute atomic E-state index is 0.431. The first-order chi connectivity index (χ1) is 11.7. The van der Waals surface area contributed by atoms with Gasteiger partial charge in [-0.1, -0.05) is 42.0 Å². The average Bonchev–Trinajstić information content (AvgIpc) is 2.94. The molecule has 0 fully saturated rings. The molecular weight excluding hydrogens is 320 g/mol. The summed E-state index contributed by atoms with van der Waals surface area (Å²) in [4.78, 5) is 0. The number of nitrogens with one attached hydrogen (secondary N) is 1. The molecule has 3 aromatic rings. The molecule has 24 heavy (non-hydrogen) atoms. The smallest absolute Gasteiger partial charge is 0.216 e. The molecule has 122 valence electrons. The SMILES string of the molecule is CCOc1ccccc1-c1n[nH]c(=S)n1/N=C\c1cccc(C)c1. The summed E-state index contributed by atoms with van der Waals surface area (Å²) in [5, 5.41) is 11.6. The van der Waals surface area contributed by atoms with Crippen LogP contribution in [0, 0.1) is 11.7 Å². The van der Waals surface area contributed by atoms with E-state index in [1.54, 1.807) is 10.9 Å². The Balaban J connectivity index is 2.03. The molecule has 0 aliphatic carbocycles. The van der Waals surface area contributed by atoms with Gasteiger partial charge in [-0.05, 0) is 43.8 Å². The van der Waals surface area contributed by atoms with Gasteiger partial charge in [-0.3, -0.25) is 0 Å². The molecule has 3 rings (SSSR count). The predicted octanol–water partition coefficient (Wildman–Crippen LogP) is 4.20. The van der Waals surface area contributed by atoms with Gasteiger partial charge in [0.15, 0.2) is 5.82 Å². The monoisotopic (exact) mass is 338 g/mol. The minimum atomic E-state index is 0.431. The van der Waals surface area contributed by atoms with Crippen LogP contribution in [0.5, 0.6) is 5.75 Å². The first kappa shape index (κ1) is 16.1. The summed E-state index contributed by atoms with van der Waals surface area (Å²) in [6.45, 7) is 4.57. The van der Waals surface area contributed by atoms with E-state index in [1.807, 2.05) is 56.3 Å². The van der Waals surface area contributed by atoms with Crippen LogP contribution in [0.3, 0.4) is 0 Å². The van der Waals surface area contributed by atoms with Gasteiger partial charge in [-0.25, -0.2) is 5.10 Å². The Morgan fingerprint density at radius 3 is 2.88 bits per heavy atom. The molecule has 2 aromatic carbocycles. The highest BCUT2D eigenvalue weighted by Gasteiger charge is 2.13. The standard InChI is InChI=1S/C18H18N4OS/c1-3-23-16-10-5-4-9-15(16)17-20-21-18(24)22(17)19-12-14-8-6-7-13(2)11-14/h4-12H,3H2,1-2H3,(H,21,24)/b19-12-. The Hall–Kier alpha value is -2.73. The summed E-state index contributed by atoms with van der Waals surface area (Å²) in [6, 6.07) is 15.8. The number of para-hydroxylation sites is 1. The lowest BCUT2D eigenvalue weighted by Gasteiger charge is -2.08. The minimum Gasteiger partial charge on any atom is -0.493 e. The largest absolute Gasteiger partial charge is 0.493 e. The van der Waals surface area contributed by atoms with Crippen LogP contribution in [0.15, 0.2) is 53.6 Å². The van der Waals surface area contributed by atoms with Crippen LogP contribution in [0.25, 0.3) is 11.4 Å². The van der Waals surface area contributed by atoms with Gasteiger partial charge in [0.25, 0.3) is 0 Å². The van der Waals surface area contributed by atoms with E-state index in [9.17, 15) is 0 Å². The van der Waals surface area contributed by atoms with Crippen molar-refractivity contribution in [3.63, 3.8) is 0 Å². The molecule has 0 unspecified atom stereocenters. The van der Waals surface area contributed by atoms with Crippen molar-refractivity contribution in [3.8, 4) is 17.1 Å². The van der Waals surface area contributed by atoms with Gasteiger partial charge in [-0.2, -0.15) is 14.9 Å². The van der Waals surface area contributed by atoms with Gasteiger partial charge in [0.2, 0.25) is 4.77 Å². The summed E-state index contributed by atoms with van der Waals surface area (Å²) in [6.07, 6.45) is 1.77. The number of hydrogen-bond acceptors (Lipinski definition) is 4. The summed E-state index contributed by atoms with van der Waals surface area (Å²) in [5.41, 5.74) is 3.02. The topological polar surface area (TPSA) is 55.2 Å². The van der Waals surface area contributed by atoms with Crippen molar-refractivity contribution in [2.45, 2.75) is 13.8 Å². The van der Waals surface area contributed by atoms with Crippen molar-refractivity contribution in [1.29, 1.82) is 0 Å². The molecule has 0 spiro atoms. The first-order valence-corrected chi connectivity index (χ1v) is 8.10. The quantitative estimate of drug-likeness (QED) is 0.560. The second-order valence-corrected chi connectivity index (χ2v) is 5.64. The zero-order chi connectivity index (χ0) is 16.9. The highest BCUT2D eigenvalue weighted by molar-refractivity contribution is 7.71. The number of aromatic amines is 1. The van der Waals surface area contributed by atoms with Crippen LogP contribution >= 0.6 is 12.2 Å². The van der Waals surface area contributed by atoms with Crippen molar-refractivity contribution in [3.05, 3.63) is 64.4 Å². The van der Waals surface area contributed by atoms with E-state index < -0.39 is 0 Å². The second-order valence-electron chi connectivity index (χ2n) is 5.25. The maximum atomic E-state index is 5.68. The molecule has 0 bridgehead atoms. The first-order valence-electron chi connectivity index (χ1n) is 7.69. The van der Waals surface area contributed by atoms with Gasteiger partial charge in [0, 0.05) is 0 Å². The maximum absolute atomic E-state index is 5.68.